The van der Waals surface area contributed by atoms with Gasteiger partial charge in [0.15, 0.2) is 5.82 Å². The normalized spacial score (nSPS) is 27.8. The van der Waals surface area contributed by atoms with Gasteiger partial charge >= 0.3 is 5.97 Å². The zero-order chi connectivity index (χ0) is 25.6. The number of likely N-dealkylation sites (tertiary alicyclic amines) is 1. The van der Waals surface area contributed by atoms with Gasteiger partial charge in [0.1, 0.15) is 5.02 Å². The summed E-state index contributed by atoms with van der Waals surface area (Å²) in [4.78, 5) is 25.4. The molecule has 2 saturated heterocycles. The molecule has 2 aliphatic heterocycles. The Balaban J connectivity index is 1.17. The smallest absolute Gasteiger partial charge is 0.309 e. The van der Waals surface area contributed by atoms with Crippen LogP contribution in [0, 0.1) is 17.3 Å². The van der Waals surface area contributed by atoms with Crippen LogP contribution < -0.4 is 10.2 Å². The maximum absolute atomic E-state index is 11.5. The molecule has 2 aromatic rings. The lowest BCUT2D eigenvalue weighted by Gasteiger charge is -2.52. The number of carbonyl (C=O) groups is 1. The Bertz CT molecular complexity index is 1140. The van der Waals surface area contributed by atoms with Crippen molar-refractivity contribution in [3.8, 4) is 0 Å². The number of halogens is 3. The van der Waals surface area contributed by atoms with Crippen LogP contribution in [-0.4, -0.2) is 58.2 Å². The average Bonchev–Trinajstić information content (AvgIpc) is 2.78. The van der Waals surface area contributed by atoms with Gasteiger partial charge in [-0.2, -0.15) is 4.98 Å². The predicted molar refractivity (Wildman–Crippen MR) is 144 cm³/mol. The molecule has 3 aliphatic rings. The van der Waals surface area contributed by atoms with Crippen LogP contribution in [0.4, 0.5) is 11.8 Å². The van der Waals surface area contributed by atoms with E-state index in [1.807, 2.05) is 26.0 Å². The summed E-state index contributed by atoms with van der Waals surface area (Å²) in [7, 11) is 0. The monoisotopic (exact) mass is 551 g/mol. The second kappa shape index (κ2) is 10.2. The molecule has 1 aromatic carbocycles. The second-order valence-corrected chi connectivity index (χ2v) is 12.1. The average molecular weight is 553 g/mol. The number of piperidine rings is 1. The second-order valence-electron chi connectivity index (χ2n) is 10.9. The minimum absolute atomic E-state index is 0.109. The largest absolute Gasteiger partial charge is 0.481 e. The first kappa shape index (κ1) is 25.8. The van der Waals surface area contributed by atoms with Crippen molar-refractivity contribution in [3.63, 3.8) is 0 Å². The molecule has 0 spiro atoms. The first-order chi connectivity index (χ1) is 17.1. The molecular formula is C26H32Cl3N5O2. The predicted octanol–water partition coefficient (Wildman–Crippen LogP) is 6.01. The quantitative estimate of drug-likeness (QED) is 0.435. The molecule has 3 heterocycles. The number of carboxylic acid groups (broad SMARTS) is 1. The van der Waals surface area contributed by atoms with Gasteiger partial charge in [-0.1, -0.05) is 40.9 Å². The SMILES string of the molecule is C[C@@H](Nc1nc(N2CC([C@H]3CCCN([C@H]4C[C@](C)(C(=O)O)C4)C3)C2)ncc1Cl)c1ccc(Cl)cc1Cl. The molecule has 0 amide bonds. The zero-order valence-corrected chi connectivity index (χ0v) is 22.8. The summed E-state index contributed by atoms with van der Waals surface area (Å²) in [6.45, 7) is 7.87. The first-order valence-electron chi connectivity index (χ1n) is 12.6. The van der Waals surface area contributed by atoms with Crippen molar-refractivity contribution >= 4 is 52.5 Å². The van der Waals surface area contributed by atoms with Crippen LogP contribution in [0.25, 0.3) is 0 Å². The molecule has 1 aromatic heterocycles. The van der Waals surface area contributed by atoms with Crippen LogP contribution in [-0.2, 0) is 4.79 Å². The number of nitrogens with zero attached hydrogens (tertiary/aromatic N) is 4. The molecule has 0 unspecified atom stereocenters. The van der Waals surface area contributed by atoms with Crippen LogP contribution in [0.2, 0.25) is 15.1 Å². The van der Waals surface area contributed by atoms with Crippen LogP contribution in [0.5, 0.6) is 0 Å². The third kappa shape index (κ3) is 5.13. The molecule has 194 valence electrons. The fourth-order valence-electron chi connectivity index (χ4n) is 5.89. The summed E-state index contributed by atoms with van der Waals surface area (Å²) in [5.41, 5.74) is 0.372. The van der Waals surface area contributed by atoms with Crippen LogP contribution in [0.15, 0.2) is 24.4 Å². The summed E-state index contributed by atoms with van der Waals surface area (Å²) < 4.78 is 0. The van der Waals surface area contributed by atoms with Crippen molar-refractivity contribution in [1.82, 2.24) is 14.9 Å². The van der Waals surface area contributed by atoms with Crippen molar-refractivity contribution in [3.05, 3.63) is 45.0 Å². The van der Waals surface area contributed by atoms with E-state index < -0.39 is 11.4 Å². The molecule has 1 aliphatic carbocycles. The lowest BCUT2D eigenvalue weighted by molar-refractivity contribution is -0.158. The van der Waals surface area contributed by atoms with E-state index >= 15 is 0 Å². The topological polar surface area (TPSA) is 81.6 Å². The summed E-state index contributed by atoms with van der Waals surface area (Å²) in [5.74, 6) is 1.82. The third-order valence-corrected chi connectivity index (χ3v) is 9.11. The van der Waals surface area contributed by atoms with Gasteiger partial charge in [-0.25, -0.2) is 4.98 Å². The molecule has 1 saturated carbocycles. The van der Waals surface area contributed by atoms with Crippen molar-refractivity contribution in [2.45, 2.75) is 51.6 Å². The fraction of sp³-hybridized carbons (Fsp3) is 0.577. The summed E-state index contributed by atoms with van der Waals surface area (Å²) in [5, 5.41) is 14.5. The van der Waals surface area contributed by atoms with Crippen molar-refractivity contribution in [2.24, 2.45) is 17.3 Å². The number of hydrogen-bond donors (Lipinski definition) is 2. The Labute approximate surface area is 227 Å². The Kier molecular flexibility index (Phi) is 7.29. The number of benzene rings is 1. The number of aromatic nitrogens is 2. The minimum atomic E-state index is -0.663. The van der Waals surface area contributed by atoms with E-state index in [1.54, 1.807) is 12.3 Å². The van der Waals surface area contributed by atoms with Gasteiger partial charge in [0.2, 0.25) is 5.95 Å². The van der Waals surface area contributed by atoms with Crippen LogP contribution in [0.1, 0.15) is 51.1 Å². The molecular weight excluding hydrogens is 521 g/mol. The lowest BCUT2D eigenvalue weighted by atomic mass is 9.65. The fourth-order valence-corrected chi connectivity index (χ4v) is 6.61. The van der Waals surface area contributed by atoms with Gasteiger partial charge in [0.25, 0.3) is 0 Å². The molecule has 2 N–H and O–H groups in total. The number of nitrogens with one attached hydrogen (secondary N) is 1. The van der Waals surface area contributed by atoms with E-state index in [0.29, 0.717) is 44.7 Å². The zero-order valence-electron chi connectivity index (χ0n) is 20.6. The number of hydrogen-bond acceptors (Lipinski definition) is 6. The summed E-state index contributed by atoms with van der Waals surface area (Å²) in [6.07, 6.45) is 5.58. The molecule has 3 fully saturated rings. The summed E-state index contributed by atoms with van der Waals surface area (Å²) >= 11 is 18.8. The third-order valence-electron chi connectivity index (χ3n) is 8.27. The Morgan fingerprint density at radius 2 is 1.92 bits per heavy atom. The molecule has 7 nitrogen and oxygen atoms in total. The standard InChI is InChI=1S/C26H32Cl3N5O2/c1-15(20-6-5-18(27)8-21(20)28)31-23-22(29)11-30-25(32-23)34-13-17(14-34)16-4-3-7-33(12-16)19-9-26(2,10-19)24(35)36/h5-6,8,11,15-17,19H,3-4,7,9-10,12-14H2,1-2H3,(H,35,36)(H,30,31,32)/t15-,16+,19-,26-/m1/s1. The molecule has 36 heavy (non-hydrogen) atoms. The van der Waals surface area contributed by atoms with Gasteiger partial charge in [-0.3, -0.25) is 4.79 Å². The van der Waals surface area contributed by atoms with Gasteiger partial charge in [0.05, 0.1) is 17.7 Å². The highest BCUT2D eigenvalue weighted by Gasteiger charge is 2.49. The molecule has 10 heteroatoms. The maximum Gasteiger partial charge on any atom is 0.309 e. The van der Waals surface area contributed by atoms with E-state index in [4.69, 9.17) is 39.8 Å². The van der Waals surface area contributed by atoms with E-state index in [2.05, 4.69) is 20.1 Å². The number of aliphatic carboxylic acids is 1. The first-order valence-corrected chi connectivity index (χ1v) is 13.7. The maximum atomic E-state index is 11.5. The Morgan fingerprint density at radius 3 is 2.61 bits per heavy atom. The minimum Gasteiger partial charge on any atom is -0.481 e. The molecule has 0 radical (unpaired) electrons. The Morgan fingerprint density at radius 1 is 1.17 bits per heavy atom. The number of rotatable bonds is 7. The van der Waals surface area contributed by atoms with Gasteiger partial charge < -0.3 is 20.2 Å². The highest BCUT2D eigenvalue weighted by Crippen LogP contribution is 2.45. The van der Waals surface area contributed by atoms with E-state index in [9.17, 15) is 9.90 Å². The number of carboxylic acids is 1. The molecule has 5 rings (SSSR count). The van der Waals surface area contributed by atoms with Crippen LogP contribution in [0.3, 0.4) is 0 Å². The lowest BCUT2D eigenvalue weighted by Crippen LogP contribution is -2.58. The Hall–Kier alpha value is -1.80. The highest BCUT2D eigenvalue weighted by molar-refractivity contribution is 6.35. The van der Waals surface area contributed by atoms with Crippen molar-refractivity contribution in [2.75, 3.05) is 36.4 Å². The van der Waals surface area contributed by atoms with Gasteiger partial charge in [-0.05, 0) is 75.6 Å². The van der Waals surface area contributed by atoms with Crippen LogP contribution >= 0.6 is 34.8 Å². The molecule has 0 bridgehead atoms. The highest BCUT2D eigenvalue weighted by atomic mass is 35.5. The van der Waals surface area contributed by atoms with Crippen molar-refractivity contribution < 1.29 is 9.90 Å². The summed E-state index contributed by atoms with van der Waals surface area (Å²) in [6, 6.07) is 5.75. The van der Waals surface area contributed by atoms with E-state index in [-0.39, 0.29) is 6.04 Å². The van der Waals surface area contributed by atoms with Crippen molar-refractivity contribution in [1.29, 1.82) is 0 Å². The number of anilines is 2. The van der Waals surface area contributed by atoms with Gasteiger partial charge in [-0.15, -0.1) is 0 Å². The van der Waals surface area contributed by atoms with Gasteiger partial charge in [0, 0.05) is 35.7 Å². The van der Waals surface area contributed by atoms with E-state index in [0.717, 1.165) is 44.6 Å². The molecule has 2 atom stereocenters. The van der Waals surface area contributed by atoms with E-state index in [1.165, 1.54) is 12.8 Å².